The number of carbonyl (C=O) groups excluding carboxylic acids is 4. The average Bonchev–Trinajstić information content (AvgIpc) is 3.46. The number of halogens is 4. The van der Waals surface area contributed by atoms with Gasteiger partial charge in [-0.25, -0.2) is 9.18 Å². The van der Waals surface area contributed by atoms with E-state index in [1.807, 2.05) is 20.8 Å². The molecule has 3 aromatic rings. The van der Waals surface area contributed by atoms with Crippen LogP contribution in [0.4, 0.5) is 22.4 Å². The van der Waals surface area contributed by atoms with Crippen molar-refractivity contribution in [1.29, 1.82) is 0 Å². The Morgan fingerprint density at radius 2 is 1.63 bits per heavy atom. The van der Waals surface area contributed by atoms with Crippen LogP contribution >= 0.6 is 0 Å². The highest BCUT2D eigenvalue weighted by Gasteiger charge is 2.47. The summed E-state index contributed by atoms with van der Waals surface area (Å²) in [4.78, 5) is 57.1. The molecule has 10 nitrogen and oxygen atoms in total. The number of H-pyrrole nitrogens is 1. The standard InChI is InChI=1S/C37H48F4N6O4/c1-6-21(4)29(20-43-35(51)42-8-3)45-34(50)36(17-16-28-25(19-36)24-13-11-14-26(32(24)44-28)37(39,40)41)47-33(49)31(22(5)7-2)46-30(48)18-23-12-9-10-15-27(23)38/h9-15,21-22,29,31,44H,6-8,16-20H2,1-5H3,(H,45,50)(H,46,48)(H,47,49)(H2,42,43,51)/t21-,22?,29?,31-,36+/m0/s1. The number of alkyl halides is 3. The van der Waals surface area contributed by atoms with Crippen molar-refractivity contribution in [2.24, 2.45) is 11.8 Å². The highest BCUT2D eigenvalue weighted by molar-refractivity contribution is 5.97. The highest BCUT2D eigenvalue weighted by Crippen LogP contribution is 2.40. The van der Waals surface area contributed by atoms with E-state index in [4.69, 9.17) is 0 Å². The summed E-state index contributed by atoms with van der Waals surface area (Å²) < 4.78 is 56.3. The Morgan fingerprint density at radius 1 is 0.922 bits per heavy atom. The van der Waals surface area contributed by atoms with E-state index in [0.29, 0.717) is 36.0 Å². The van der Waals surface area contributed by atoms with Gasteiger partial charge in [0.25, 0.3) is 0 Å². The predicted octanol–water partition coefficient (Wildman–Crippen LogP) is 5.29. The van der Waals surface area contributed by atoms with Crippen LogP contribution in [0.25, 0.3) is 10.9 Å². The van der Waals surface area contributed by atoms with Gasteiger partial charge in [0.1, 0.15) is 17.4 Å². The maximum absolute atomic E-state index is 14.5. The lowest BCUT2D eigenvalue weighted by atomic mass is 9.78. The molecular weight excluding hydrogens is 668 g/mol. The maximum Gasteiger partial charge on any atom is 0.418 e. The first-order valence-corrected chi connectivity index (χ1v) is 17.5. The van der Waals surface area contributed by atoms with E-state index in [-0.39, 0.29) is 49.2 Å². The van der Waals surface area contributed by atoms with Crippen LogP contribution in [0.15, 0.2) is 42.5 Å². The van der Waals surface area contributed by atoms with Gasteiger partial charge in [-0.2, -0.15) is 13.2 Å². The van der Waals surface area contributed by atoms with Crippen LogP contribution in [0, 0.1) is 17.7 Å². The molecular formula is C37H48F4N6O4. The van der Waals surface area contributed by atoms with Gasteiger partial charge >= 0.3 is 12.2 Å². The Balaban J connectivity index is 1.71. The van der Waals surface area contributed by atoms with Gasteiger partial charge in [-0.3, -0.25) is 14.4 Å². The Kier molecular flexibility index (Phi) is 12.7. The summed E-state index contributed by atoms with van der Waals surface area (Å²) in [5.41, 5.74) is -1.40. The monoisotopic (exact) mass is 716 g/mol. The number of amides is 5. The third kappa shape index (κ3) is 9.19. The van der Waals surface area contributed by atoms with E-state index in [1.54, 1.807) is 26.0 Å². The van der Waals surface area contributed by atoms with Crippen LogP contribution in [0.1, 0.15) is 76.3 Å². The molecule has 0 fully saturated rings. The lowest BCUT2D eigenvalue weighted by Gasteiger charge is -2.40. The lowest BCUT2D eigenvalue weighted by molar-refractivity contribution is -0.137. The highest BCUT2D eigenvalue weighted by atomic mass is 19.4. The molecule has 0 saturated carbocycles. The molecule has 6 N–H and O–H groups in total. The van der Waals surface area contributed by atoms with Gasteiger partial charge in [0.05, 0.1) is 17.5 Å². The second kappa shape index (κ2) is 16.6. The third-order valence-electron chi connectivity index (χ3n) is 10.0. The van der Waals surface area contributed by atoms with Gasteiger partial charge in [-0.05, 0) is 54.9 Å². The van der Waals surface area contributed by atoms with Crippen molar-refractivity contribution >= 4 is 34.7 Å². The number of aromatic nitrogens is 1. The predicted molar refractivity (Wildman–Crippen MR) is 186 cm³/mol. The largest absolute Gasteiger partial charge is 0.418 e. The van der Waals surface area contributed by atoms with Crippen LogP contribution in [0.2, 0.25) is 0 Å². The van der Waals surface area contributed by atoms with E-state index in [9.17, 15) is 36.7 Å². The van der Waals surface area contributed by atoms with Gasteiger partial charge in [0, 0.05) is 36.6 Å². The second-order valence-electron chi connectivity index (χ2n) is 13.5. The third-order valence-corrected chi connectivity index (χ3v) is 10.0. The van der Waals surface area contributed by atoms with Gasteiger partial charge in [0.2, 0.25) is 17.7 Å². The lowest BCUT2D eigenvalue weighted by Crippen LogP contribution is -2.67. The minimum atomic E-state index is -4.62. The molecule has 1 aliphatic rings. The molecule has 0 bridgehead atoms. The molecule has 51 heavy (non-hydrogen) atoms. The average molecular weight is 717 g/mol. The van der Waals surface area contributed by atoms with Crippen LogP contribution in [0.5, 0.6) is 0 Å². The second-order valence-corrected chi connectivity index (χ2v) is 13.5. The van der Waals surface area contributed by atoms with Gasteiger partial charge in [0.15, 0.2) is 0 Å². The quantitative estimate of drug-likeness (QED) is 0.126. The first-order valence-electron chi connectivity index (χ1n) is 17.5. The number of benzene rings is 2. The summed E-state index contributed by atoms with van der Waals surface area (Å²) in [7, 11) is 0. The van der Waals surface area contributed by atoms with Gasteiger partial charge < -0.3 is 31.6 Å². The van der Waals surface area contributed by atoms with Crippen molar-refractivity contribution < 1.29 is 36.7 Å². The van der Waals surface area contributed by atoms with Crippen LogP contribution in [0.3, 0.4) is 0 Å². The fourth-order valence-electron chi connectivity index (χ4n) is 6.53. The zero-order valence-corrected chi connectivity index (χ0v) is 29.7. The summed E-state index contributed by atoms with van der Waals surface area (Å²) in [6.07, 6.45) is -3.75. The van der Waals surface area contributed by atoms with E-state index < -0.39 is 64.9 Å². The Labute approximate surface area is 295 Å². The van der Waals surface area contributed by atoms with E-state index in [1.165, 1.54) is 24.3 Å². The van der Waals surface area contributed by atoms with E-state index in [2.05, 4.69) is 31.6 Å². The zero-order valence-electron chi connectivity index (χ0n) is 29.7. The molecule has 5 atom stereocenters. The Morgan fingerprint density at radius 3 is 2.27 bits per heavy atom. The van der Waals surface area contributed by atoms with Crippen molar-refractivity contribution in [3.8, 4) is 0 Å². The number of hydrogen-bond acceptors (Lipinski definition) is 4. The number of para-hydroxylation sites is 1. The SMILES string of the molecule is CCNC(=O)NCC(NC(=O)[C@@]1(NC(=O)[C@@H](NC(=O)Cc2ccccc2F)C(C)CC)CCc2[nH]c3c(C(F)(F)F)cccc3c2C1)[C@@H](C)CC. The molecule has 1 aliphatic carbocycles. The number of carbonyl (C=O) groups is 4. The number of aromatic amines is 1. The summed E-state index contributed by atoms with van der Waals surface area (Å²) >= 11 is 0. The molecule has 0 aliphatic heterocycles. The number of aryl methyl sites for hydroxylation is 1. The number of rotatable bonds is 14. The molecule has 2 unspecified atom stereocenters. The van der Waals surface area contributed by atoms with Gasteiger partial charge in [-0.1, -0.05) is 70.9 Å². The molecule has 5 amide bonds. The summed E-state index contributed by atoms with van der Waals surface area (Å²) in [5, 5.41) is 14.4. The molecule has 1 heterocycles. The number of fused-ring (bicyclic) bond motifs is 3. The molecule has 278 valence electrons. The number of urea groups is 1. The van der Waals surface area contributed by atoms with Crippen LogP contribution < -0.4 is 26.6 Å². The minimum Gasteiger partial charge on any atom is -0.358 e. The van der Waals surface area contributed by atoms with Crippen molar-refractivity contribution in [2.45, 2.75) is 96.9 Å². The van der Waals surface area contributed by atoms with Crippen molar-refractivity contribution in [3.05, 3.63) is 70.7 Å². The Bertz CT molecular complexity index is 1730. The molecule has 0 saturated heterocycles. The fourth-order valence-corrected chi connectivity index (χ4v) is 6.53. The molecule has 0 radical (unpaired) electrons. The van der Waals surface area contributed by atoms with E-state index >= 15 is 0 Å². The molecule has 0 spiro atoms. The zero-order chi connectivity index (χ0) is 37.5. The number of hydrogen-bond donors (Lipinski definition) is 6. The van der Waals surface area contributed by atoms with Gasteiger partial charge in [-0.15, -0.1) is 0 Å². The Hall–Kier alpha value is -4.62. The van der Waals surface area contributed by atoms with Crippen molar-refractivity contribution in [3.63, 3.8) is 0 Å². The smallest absolute Gasteiger partial charge is 0.358 e. The minimum absolute atomic E-state index is 0.0408. The molecule has 2 aromatic carbocycles. The summed E-state index contributed by atoms with van der Waals surface area (Å²) in [6, 6.07) is 7.61. The van der Waals surface area contributed by atoms with Crippen LogP contribution in [-0.4, -0.2) is 59.4 Å². The topological polar surface area (TPSA) is 144 Å². The molecule has 4 rings (SSSR count). The van der Waals surface area contributed by atoms with Crippen molar-refractivity contribution in [1.82, 2.24) is 31.6 Å². The van der Waals surface area contributed by atoms with E-state index in [0.717, 1.165) is 6.07 Å². The first-order chi connectivity index (χ1) is 24.1. The first kappa shape index (κ1) is 39.2. The fraction of sp³-hybridized carbons (Fsp3) is 0.514. The molecule has 1 aromatic heterocycles. The van der Waals surface area contributed by atoms with Crippen molar-refractivity contribution in [2.75, 3.05) is 13.1 Å². The molecule has 14 heteroatoms. The number of nitrogens with one attached hydrogen (secondary N) is 6. The maximum atomic E-state index is 14.5. The summed E-state index contributed by atoms with van der Waals surface area (Å²) in [6.45, 7) is 9.72. The normalized spacial score (nSPS) is 18.1. The van der Waals surface area contributed by atoms with Crippen LogP contribution in [-0.2, 0) is 39.8 Å². The summed E-state index contributed by atoms with van der Waals surface area (Å²) in [5.74, 6) is -2.86.